The lowest BCUT2D eigenvalue weighted by Crippen LogP contribution is -2.10. The van der Waals surface area contributed by atoms with E-state index in [1.807, 2.05) is 24.3 Å². The van der Waals surface area contributed by atoms with Crippen LogP contribution in [0, 0.1) is 0 Å². The first-order valence-corrected chi connectivity index (χ1v) is 16.9. The summed E-state index contributed by atoms with van der Waals surface area (Å²) < 4.78 is 15.4. The first-order chi connectivity index (χ1) is 24.8. The molecule has 0 saturated heterocycles. The van der Waals surface area contributed by atoms with E-state index < -0.39 is 0 Å². The van der Waals surface area contributed by atoms with Crippen molar-refractivity contribution < 1.29 is 8.83 Å². The Labute approximate surface area is 286 Å². The molecule has 0 aliphatic rings. The third-order valence-electron chi connectivity index (χ3n) is 10.2. The van der Waals surface area contributed by atoms with Gasteiger partial charge in [-0.3, -0.25) is 4.57 Å². The first kappa shape index (κ1) is 27.2. The maximum absolute atomic E-state index is 6.60. The molecule has 4 nitrogen and oxygen atoms in total. The fraction of sp³-hybridized carbons (Fsp3) is 0. The normalized spacial score (nSPS) is 12.0. The lowest BCUT2D eigenvalue weighted by atomic mass is 10.0. The Hall–Kier alpha value is -6.78. The summed E-state index contributed by atoms with van der Waals surface area (Å²) in [7, 11) is 0. The maximum atomic E-state index is 6.60. The minimum absolute atomic E-state index is 0.853. The molecule has 234 valence electrons. The predicted octanol–water partition coefficient (Wildman–Crippen LogP) is 13.2. The standard InChI is InChI=1S/C46H28N2O2/c1-2-11-34-29(10-1)20-21-30-28-33(26-27-35(30)34)47(41-17-9-15-37-36-12-4-7-18-42(36)49-45(37)41)31-22-24-32(25-23-31)48-40-16-6-3-13-38(40)44-39-14-5-8-19-43(39)50-46(44)48/h1-28H. The molecular weight excluding hydrogens is 613 g/mol. The van der Waals surface area contributed by atoms with Crippen molar-refractivity contribution in [1.29, 1.82) is 0 Å². The van der Waals surface area contributed by atoms with Crippen molar-refractivity contribution in [1.82, 2.24) is 4.57 Å². The van der Waals surface area contributed by atoms with Crippen LogP contribution in [0.25, 0.3) is 82.1 Å². The van der Waals surface area contributed by atoms with E-state index >= 15 is 0 Å². The van der Waals surface area contributed by atoms with Gasteiger partial charge in [0, 0.05) is 38.6 Å². The number of rotatable bonds is 4. The highest BCUT2D eigenvalue weighted by Gasteiger charge is 2.22. The van der Waals surface area contributed by atoms with Crippen LogP contribution in [0.3, 0.4) is 0 Å². The summed E-state index contributed by atoms with van der Waals surface area (Å²) in [5, 5.41) is 10.6. The molecule has 0 atom stereocenters. The van der Waals surface area contributed by atoms with Gasteiger partial charge in [0.25, 0.3) is 0 Å². The highest BCUT2D eigenvalue weighted by atomic mass is 16.3. The fourth-order valence-electron chi connectivity index (χ4n) is 7.92. The number of anilines is 3. The monoisotopic (exact) mass is 640 g/mol. The van der Waals surface area contributed by atoms with Gasteiger partial charge in [-0.05, 0) is 82.2 Å². The molecule has 0 fully saturated rings. The Morgan fingerprint density at radius 1 is 0.420 bits per heavy atom. The van der Waals surface area contributed by atoms with E-state index in [1.165, 1.54) is 26.9 Å². The Bertz CT molecular complexity index is 3110. The van der Waals surface area contributed by atoms with Crippen molar-refractivity contribution in [2.45, 2.75) is 0 Å². The van der Waals surface area contributed by atoms with E-state index in [1.54, 1.807) is 0 Å². The van der Waals surface area contributed by atoms with Gasteiger partial charge in [0.05, 0.1) is 16.6 Å². The van der Waals surface area contributed by atoms with Crippen LogP contribution >= 0.6 is 0 Å². The summed E-state index contributed by atoms with van der Waals surface area (Å²) in [6, 6.07) is 60.1. The lowest BCUT2D eigenvalue weighted by Gasteiger charge is -2.26. The average molecular weight is 641 g/mol. The van der Waals surface area contributed by atoms with Gasteiger partial charge < -0.3 is 13.7 Å². The molecular formula is C46H28N2O2. The summed E-state index contributed by atoms with van der Waals surface area (Å²) in [5.74, 6) is 0. The Kier molecular flexibility index (Phi) is 5.63. The van der Waals surface area contributed by atoms with Crippen LogP contribution in [0.15, 0.2) is 179 Å². The quantitative estimate of drug-likeness (QED) is 0.180. The predicted molar refractivity (Wildman–Crippen MR) is 208 cm³/mol. The van der Waals surface area contributed by atoms with E-state index in [2.05, 4.69) is 155 Å². The second kappa shape index (κ2) is 10.4. The van der Waals surface area contributed by atoms with Gasteiger partial charge >= 0.3 is 0 Å². The highest BCUT2D eigenvalue weighted by molar-refractivity contribution is 6.20. The summed E-state index contributed by atoms with van der Waals surface area (Å²) in [5.41, 5.74) is 8.70. The molecule has 3 aromatic heterocycles. The molecule has 11 aromatic rings. The van der Waals surface area contributed by atoms with Gasteiger partial charge in [-0.2, -0.15) is 0 Å². The molecule has 0 spiro atoms. The topological polar surface area (TPSA) is 34.5 Å². The maximum Gasteiger partial charge on any atom is 0.213 e. The number of furan rings is 2. The largest absolute Gasteiger partial charge is 0.454 e. The van der Waals surface area contributed by atoms with Gasteiger partial charge in [0.1, 0.15) is 11.2 Å². The molecule has 8 aromatic carbocycles. The smallest absolute Gasteiger partial charge is 0.213 e. The second-order valence-corrected chi connectivity index (χ2v) is 12.9. The van der Waals surface area contributed by atoms with Gasteiger partial charge in [0.15, 0.2) is 5.58 Å². The van der Waals surface area contributed by atoms with Crippen LogP contribution < -0.4 is 4.90 Å². The van der Waals surface area contributed by atoms with Crippen LogP contribution in [0.5, 0.6) is 0 Å². The zero-order valence-corrected chi connectivity index (χ0v) is 26.9. The fourth-order valence-corrected chi connectivity index (χ4v) is 7.92. The summed E-state index contributed by atoms with van der Waals surface area (Å²) in [6.45, 7) is 0. The molecule has 0 radical (unpaired) electrons. The van der Waals surface area contributed by atoms with Gasteiger partial charge in [0.2, 0.25) is 5.71 Å². The molecule has 0 aliphatic carbocycles. The first-order valence-electron chi connectivity index (χ1n) is 16.9. The zero-order chi connectivity index (χ0) is 32.8. The van der Waals surface area contributed by atoms with E-state index in [4.69, 9.17) is 8.83 Å². The number of hydrogen-bond acceptors (Lipinski definition) is 3. The third-order valence-corrected chi connectivity index (χ3v) is 10.2. The van der Waals surface area contributed by atoms with Crippen LogP contribution in [-0.4, -0.2) is 4.57 Å². The summed E-state index contributed by atoms with van der Waals surface area (Å²) >= 11 is 0. The van der Waals surface area contributed by atoms with Gasteiger partial charge in [-0.15, -0.1) is 0 Å². The summed E-state index contributed by atoms with van der Waals surface area (Å²) in [6.07, 6.45) is 0. The molecule has 0 saturated carbocycles. The molecule has 0 N–H and O–H groups in total. The van der Waals surface area contributed by atoms with E-state index in [-0.39, 0.29) is 0 Å². The number of nitrogens with zero attached hydrogens (tertiary/aromatic N) is 2. The van der Waals surface area contributed by atoms with Gasteiger partial charge in [-0.1, -0.05) is 109 Å². The number of para-hydroxylation sites is 4. The van der Waals surface area contributed by atoms with E-state index in [0.29, 0.717) is 0 Å². The summed E-state index contributed by atoms with van der Waals surface area (Å²) in [4.78, 5) is 2.31. The van der Waals surface area contributed by atoms with Crippen molar-refractivity contribution >= 4 is 93.5 Å². The molecule has 3 heterocycles. The zero-order valence-electron chi connectivity index (χ0n) is 26.9. The molecule has 4 heteroatoms. The molecule has 0 unspecified atom stereocenters. The number of fused-ring (bicyclic) bond motifs is 11. The van der Waals surface area contributed by atoms with Crippen molar-refractivity contribution in [2.75, 3.05) is 4.90 Å². The van der Waals surface area contributed by atoms with Crippen LogP contribution in [0.1, 0.15) is 0 Å². The SMILES string of the molecule is c1ccc2c(c1)ccc1cc(N(c3ccc(-n4c5ccccc5c5c6ccccc6oc54)cc3)c3cccc4c3oc3ccccc34)ccc12. The molecule has 0 bridgehead atoms. The van der Waals surface area contributed by atoms with Crippen LogP contribution in [-0.2, 0) is 0 Å². The Morgan fingerprint density at radius 3 is 1.92 bits per heavy atom. The van der Waals surface area contributed by atoms with Crippen molar-refractivity contribution in [2.24, 2.45) is 0 Å². The van der Waals surface area contributed by atoms with E-state index in [9.17, 15) is 0 Å². The number of aromatic nitrogens is 1. The molecule has 0 aliphatic heterocycles. The Morgan fingerprint density at radius 2 is 1.06 bits per heavy atom. The van der Waals surface area contributed by atoms with Crippen molar-refractivity contribution in [3.05, 3.63) is 170 Å². The van der Waals surface area contributed by atoms with Crippen LogP contribution in [0.4, 0.5) is 17.1 Å². The van der Waals surface area contributed by atoms with E-state index in [0.717, 1.165) is 72.3 Å². The highest BCUT2D eigenvalue weighted by Crippen LogP contribution is 2.44. The number of benzene rings is 8. The van der Waals surface area contributed by atoms with Crippen molar-refractivity contribution in [3.8, 4) is 5.69 Å². The number of hydrogen-bond donors (Lipinski definition) is 0. The lowest BCUT2D eigenvalue weighted by molar-refractivity contribution is 0.645. The molecule has 11 rings (SSSR count). The van der Waals surface area contributed by atoms with Crippen LogP contribution in [0.2, 0.25) is 0 Å². The minimum atomic E-state index is 0.853. The minimum Gasteiger partial charge on any atom is -0.454 e. The van der Waals surface area contributed by atoms with Gasteiger partial charge in [-0.25, -0.2) is 0 Å². The second-order valence-electron chi connectivity index (χ2n) is 12.9. The van der Waals surface area contributed by atoms with Crippen molar-refractivity contribution in [3.63, 3.8) is 0 Å². The molecule has 50 heavy (non-hydrogen) atoms. The molecule has 0 amide bonds. The third kappa shape index (κ3) is 3.87. The average Bonchev–Trinajstić information content (AvgIpc) is 3.84. The Balaban J connectivity index is 1.13.